The highest BCUT2D eigenvalue weighted by molar-refractivity contribution is 5.77. The van der Waals surface area contributed by atoms with E-state index >= 15 is 0 Å². The summed E-state index contributed by atoms with van der Waals surface area (Å²) in [5.41, 5.74) is -0.608. The number of aliphatic hydroxyl groups excluding tert-OH is 1. The van der Waals surface area contributed by atoms with Gasteiger partial charge in [-0.25, -0.2) is 4.98 Å². The lowest BCUT2D eigenvalue weighted by atomic mass is 9.98. The van der Waals surface area contributed by atoms with Gasteiger partial charge in [-0.2, -0.15) is 0 Å². The minimum absolute atomic E-state index is 0.0435. The van der Waals surface area contributed by atoms with E-state index in [0.29, 0.717) is 6.42 Å². The van der Waals surface area contributed by atoms with Gasteiger partial charge in [0.2, 0.25) is 5.91 Å². The van der Waals surface area contributed by atoms with Crippen LogP contribution in [0, 0.1) is 0 Å². The van der Waals surface area contributed by atoms with E-state index in [0.717, 1.165) is 12.8 Å². The van der Waals surface area contributed by atoms with Crippen molar-refractivity contribution in [1.82, 2.24) is 14.9 Å². The number of aromatic nitrogens is 2. The minimum atomic E-state index is -0.608. The topological polar surface area (TPSA) is 67.2 Å². The predicted molar refractivity (Wildman–Crippen MR) is 74.7 cm³/mol. The monoisotopic (exact) mass is 267 g/mol. The van der Waals surface area contributed by atoms with Crippen LogP contribution in [-0.2, 0) is 4.79 Å². The van der Waals surface area contributed by atoms with Crippen LogP contribution in [0.15, 0.2) is 18.7 Å². The highest BCUT2D eigenvalue weighted by Crippen LogP contribution is 2.18. The van der Waals surface area contributed by atoms with Crippen LogP contribution < -0.4 is 5.32 Å². The van der Waals surface area contributed by atoms with E-state index in [1.165, 1.54) is 0 Å². The summed E-state index contributed by atoms with van der Waals surface area (Å²) in [4.78, 5) is 16.1. The zero-order chi connectivity index (χ0) is 14.5. The maximum atomic E-state index is 12.1. The van der Waals surface area contributed by atoms with Gasteiger partial charge < -0.3 is 15.0 Å². The fourth-order valence-corrected chi connectivity index (χ4v) is 1.90. The molecule has 0 aliphatic rings. The lowest BCUT2D eigenvalue weighted by Crippen LogP contribution is -2.51. The van der Waals surface area contributed by atoms with Crippen LogP contribution >= 0.6 is 0 Å². The Balaban J connectivity index is 2.63. The Labute approximate surface area is 115 Å². The first kappa shape index (κ1) is 15.7. The summed E-state index contributed by atoms with van der Waals surface area (Å²) in [5, 5.41) is 12.5. The summed E-state index contributed by atoms with van der Waals surface area (Å²) in [6, 6.07) is 0.122. The molecule has 0 saturated heterocycles. The van der Waals surface area contributed by atoms with Gasteiger partial charge in [-0.1, -0.05) is 13.3 Å². The van der Waals surface area contributed by atoms with Crippen LogP contribution in [0.4, 0.5) is 0 Å². The van der Waals surface area contributed by atoms with E-state index < -0.39 is 11.6 Å². The molecule has 0 bridgehead atoms. The molecule has 1 heterocycles. The molecule has 2 atom stereocenters. The Morgan fingerprint density at radius 1 is 1.53 bits per heavy atom. The number of nitrogens with one attached hydrogen (secondary N) is 1. The summed E-state index contributed by atoms with van der Waals surface area (Å²) >= 11 is 0. The van der Waals surface area contributed by atoms with E-state index in [1.807, 2.05) is 24.6 Å². The Bertz CT molecular complexity index is 385. The molecular weight excluding hydrogens is 242 g/mol. The van der Waals surface area contributed by atoms with Crippen molar-refractivity contribution in [1.29, 1.82) is 0 Å². The molecule has 0 fully saturated rings. The molecule has 5 heteroatoms. The molecule has 2 unspecified atom stereocenters. The number of carbonyl (C=O) groups excluding carboxylic acids is 1. The quantitative estimate of drug-likeness (QED) is 0.792. The third kappa shape index (κ3) is 4.67. The largest absolute Gasteiger partial charge is 0.391 e. The molecule has 1 rings (SSSR count). The number of nitrogens with zero attached hydrogens (tertiary/aromatic N) is 2. The van der Waals surface area contributed by atoms with E-state index in [-0.39, 0.29) is 11.9 Å². The number of aliphatic hydroxyl groups is 1. The summed E-state index contributed by atoms with van der Waals surface area (Å²) in [5.74, 6) is -0.0435. The third-order valence-corrected chi connectivity index (χ3v) is 3.50. The SMILES string of the molecule is CCCC(CC(=O)NC(C)(C)C(C)O)n1ccnc1. The second-order valence-corrected chi connectivity index (χ2v) is 5.60. The van der Waals surface area contributed by atoms with Crippen molar-refractivity contribution in [2.45, 2.75) is 64.6 Å². The van der Waals surface area contributed by atoms with Gasteiger partial charge in [-0.05, 0) is 27.2 Å². The number of hydrogen-bond donors (Lipinski definition) is 2. The number of hydrogen-bond acceptors (Lipinski definition) is 3. The fourth-order valence-electron chi connectivity index (χ4n) is 1.90. The highest BCUT2D eigenvalue weighted by atomic mass is 16.3. The maximum Gasteiger partial charge on any atom is 0.222 e. The lowest BCUT2D eigenvalue weighted by molar-refractivity contribution is -0.124. The van der Waals surface area contributed by atoms with Crippen LogP contribution in [0.1, 0.15) is 53.0 Å². The van der Waals surface area contributed by atoms with Crippen LogP contribution in [0.25, 0.3) is 0 Å². The number of amides is 1. The van der Waals surface area contributed by atoms with Gasteiger partial charge in [0, 0.05) is 24.9 Å². The minimum Gasteiger partial charge on any atom is -0.391 e. The van der Waals surface area contributed by atoms with Crippen molar-refractivity contribution >= 4 is 5.91 Å². The van der Waals surface area contributed by atoms with Crippen LogP contribution in [0.3, 0.4) is 0 Å². The summed E-state index contributed by atoms with van der Waals surface area (Å²) in [7, 11) is 0. The first-order valence-electron chi connectivity index (χ1n) is 6.83. The van der Waals surface area contributed by atoms with Crippen molar-refractivity contribution in [3.8, 4) is 0 Å². The Kier molecular flexibility index (Phi) is 5.54. The maximum absolute atomic E-state index is 12.1. The van der Waals surface area contributed by atoms with Gasteiger partial charge in [0.05, 0.1) is 18.0 Å². The van der Waals surface area contributed by atoms with Gasteiger partial charge in [-0.3, -0.25) is 4.79 Å². The van der Waals surface area contributed by atoms with E-state index in [9.17, 15) is 9.90 Å². The van der Waals surface area contributed by atoms with E-state index in [2.05, 4.69) is 17.2 Å². The Hall–Kier alpha value is -1.36. The van der Waals surface area contributed by atoms with E-state index in [4.69, 9.17) is 0 Å². The molecule has 0 saturated carbocycles. The molecule has 1 amide bonds. The molecule has 0 spiro atoms. The standard InChI is InChI=1S/C14H25N3O2/c1-5-6-12(17-8-7-15-10-17)9-13(19)16-14(3,4)11(2)18/h7-8,10-12,18H,5-6,9H2,1-4H3,(H,16,19). The first-order chi connectivity index (χ1) is 8.86. The summed E-state index contributed by atoms with van der Waals surface area (Å²) in [6.07, 6.45) is 7.10. The average molecular weight is 267 g/mol. The summed E-state index contributed by atoms with van der Waals surface area (Å²) in [6.45, 7) is 7.42. The number of imidazole rings is 1. The van der Waals surface area contributed by atoms with Crippen molar-refractivity contribution in [2.75, 3.05) is 0 Å². The van der Waals surface area contributed by atoms with Crippen molar-refractivity contribution in [3.05, 3.63) is 18.7 Å². The number of carbonyl (C=O) groups is 1. The molecule has 0 aromatic carbocycles. The molecule has 0 aliphatic carbocycles. The molecule has 1 aromatic heterocycles. The molecule has 2 N–H and O–H groups in total. The normalized spacial score (nSPS) is 15.0. The smallest absolute Gasteiger partial charge is 0.222 e. The molecular formula is C14H25N3O2. The second kappa shape index (κ2) is 6.70. The molecule has 0 aliphatic heterocycles. The molecule has 108 valence electrons. The highest BCUT2D eigenvalue weighted by Gasteiger charge is 2.27. The zero-order valence-corrected chi connectivity index (χ0v) is 12.3. The second-order valence-electron chi connectivity index (χ2n) is 5.60. The molecule has 0 radical (unpaired) electrons. The van der Waals surface area contributed by atoms with Gasteiger partial charge in [0.1, 0.15) is 0 Å². The average Bonchev–Trinajstić information content (AvgIpc) is 2.80. The fraction of sp³-hybridized carbons (Fsp3) is 0.714. The van der Waals surface area contributed by atoms with Crippen molar-refractivity contribution in [3.63, 3.8) is 0 Å². The van der Waals surface area contributed by atoms with Crippen LogP contribution in [0.2, 0.25) is 0 Å². The van der Waals surface area contributed by atoms with Gasteiger partial charge >= 0.3 is 0 Å². The molecule has 1 aromatic rings. The summed E-state index contributed by atoms with van der Waals surface area (Å²) < 4.78 is 1.97. The van der Waals surface area contributed by atoms with Crippen molar-refractivity contribution < 1.29 is 9.90 Å². The third-order valence-electron chi connectivity index (χ3n) is 3.50. The first-order valence-corrected chi connectivity index (χ1v) is 6.83. The van der Waals surface area contributed by atoms with Gasteiger partial charge in [0.15, 0.2) is 0 Å². The van der Waals surface area contributed by atoms with Crippen LogP contribution in [-0.4, -0.2) is 32.2 Å². The van der Waals surface area contributed by atoms with E-state index in [1.54, 1.807) is 19.4 Å². The van der Waals surface area contributed by atoms with Gasteiger partial charge in [-0.15, -0.1) is 0 Å². The predicted octanol–water partition coefficient (Wildman–Crippen LogP) is 1.89. The molecule has 19 heavy (non-hydrogen) atoms. The van der Waals surface area contributed by atoms with Gasteiger partial charge in [0.25, 0.3) is 0 Å². The lowest BCUT2D eigenvalue weighted by Gasteiger charge is -2.30. The Morgan fingerprint density at radius 3 is 2.68 bits per heavy atom. The van der Waals surface area contributed by atoms with Crippen molar-refractivity contribution in [2.24, 2.45) is 0 Å². The Morgan fingerprint density at radius 2 is 2.21 bits per heavy atom. The zero-order valence-electron chi connectivity index (χ0n) is 12.3. The number of rotatable bonds is 7. The molecule has 5 nitrogen and oxygen atoms in total. The van der Waals surface area contributed by atoms with Crippen LogP contribution in [0.5, 0.6) is 0 Å².